The summed E-state index contributed by atoms with van der Waals surface area (Å²) in [5, 5.41) is 27.7. The van der Waals surface area contributed by atoms with Crippen molar-refractivity contribution in [2.24, 2.45) is 0 Å². The van der Waals surface area contributed by atoms with Gasteiger partial charge in [-0.2, -0.15) is 0 Å². The molecule has 0 amide bonds. The van der Waals surface area contributed by atoms with E-state index in [1.165, 1.54) is 4.68 Å². The topological polar surface area (TPSA) is 118 Å². The SMILES string of the molecule is O=C(O)CCCn1nnnc1CCC(=O)O. The number of hydrogen-bond acceptors (Lipinski definition) is 5. The first kappa shape index (κ1) is 12.1. The molecule has 1 aromatic heterocycles. The molecule has 0 saturated carbocycles. The van der Waals surface area contributed by atoms with E-state index in [0.29, 0.717) is 18.8 Å². The molecule has 0 fully saturated rings. The van der Waals surface area contributed by atoms with Gasteiger partial charge in [-0.05, 0) is 16.8 Å². The van der Waals surface area contributed by atoms with Crippen molar-refractivity contribution in [2.75, 3.05) is 0 Å². The lowest BCUT2D eigenvalue weighted by atomic mass is 10.3. The van der Waals surface area contributed by atoms with Gasteiger partial charge in [0.05, 0.1) is 6.42 Å². The summed E-state index contributed by atoms with van der Waals surface area (Å²) >= 11 is 0. The van der Waals surface area contributed by atoms with Crippen LogP contribution in [0.1, 0.15) is 25.1 Å². The van der Waals surface area contributed by atoms with Crippen molar-refractivity contribution in [3.63, 3.8) is 0 Å². The van der Waals surface area contributed by atoms with Gasteiger partial charge in [0.2, 0.25) is 0 Å². The van der Waals surface area contributed by atoms with Crippen LogP contribution in [0.5, 0.6) is 0 Å². The zero-order valence-corrected chi connectivity index (χ0v) is 8.54. The lowest BCUT2D eigenvalue weighted by Crippen LogP contribution is -2.09. The maximum Gasteiger partial charge on any atom is 0.303 e. The molecule has 1 rings (SSSR count). The number of carbonyl (C=O) groups is 2. The average molecular weight is 228 g/mol. The minimum absolute atomic E-state index is 0.0399. The van der Waals surface area contributed by atoms with Crippen molar-refractivity contribution in [1.82, 2.24) is 20.2 Å². The molecule has 0 bridgehead atoms. The quantitative estimate of drug-likeness (QED) is 0.649. The third-order valence-electron chi connectivity index (χ3n) is 1.93. The molecular formula is C8H12N4O4. The first-order valence-corrected chi connectivity index (χ1v) is 4.78. The molecule has 8 nitrogen and oxygen atoms in total. The molecule has 1 heterocycles. The summed E-state index contributed by atoms with van der Waals surface area (Å²) in [7, 11) is 0. The third kappa shape index (κ3) is 4.03. The molecule has 0 aliphatic heterocycles. The number of aryl methyl sites for hydroxylation is 2. The minimum atomic E-state index is -0.917. The predicted molar refractivity (Wildman–Crippen MR) is 50.6 cm³/mol. The highest BCUT2D eigenvalue weighted by Crippen LogP contribution is 2.00. The van der Waals surface area contributed by atoms with Crippen LogP contribution in [-0.2, 0) is 22.6 Å². The Morgan fingerprint density at radius 1 is 1.19 bits per heavy atom. The maximum atomic E-state index is 10.4. The van der Waals surface area contributed by atoms with Gasteiger partial charge >= 0.3 is 11.9 Å². The van der Waals surface area contributed by atoms with Gasteiger partial charge in [0.15, 0.2) is 5.82 Å². The van der Waals surface area contributed by atoms with Crippen LogP contribution < -0.4 is 0 Å². The summed E-state index contributed by atoms with van der Waals surface area (Å²) in [4.78, 5) is 20.6. The fourth-order valence-electron chi connectivity index (χ4n) is 1.17. The van der Waals surface area contributed by atoms with E-state index in [4.69, 9.17) is 10.2 Å². The number of aliphatic carboxylic acids is 2. The molecule has 0 saturated heterocycles. The van der Waals surface area contributed by atoms with Crippen LogP contribution in [0.2, 0.25) is 0 Å². The number of hydrogen-bond donors (Lipinski definition) is 2. The molecule has 0 aliphatic rings. The molecule has 0 unspecified atom stereocenters. The predicted octanol–water partition coefficient (Wildman–Crippen LogP) is -0.445. The zero-order chi connectivity index (χ0) is 12.0. The second-order valence-corrected chi connectivity index (χ2v) is 3.21. The number of rotatable bonds is 7. The Hall–Kier alpha value is -1.99. The van der Waals surface area contributed by atoms with Gasteiger partial charge in [0.25, 0.3) is 0 Å². The summed E-state index contributed by atoms with van der Waals surface area (Å²) in [5.74, 6) is -1.33. The second kappa shape index (κ2) is 5.79. The first-order chi connectivity index (χ1) is 7.59. The molecule has 8 heteroatoms. The molecule has 0 aromatic carbocycles. The van der Waals surface area contributed by atoms with E-state index in [2.05, 4.69) is 15.5 Å². The highest BCUT2D eigenvalue weighted by molar-refractivity contribution is 5.67. The van der Waals surface area contributed by atoms with Crippen LogP contribution >= 0.6 is 0 Å². The molecule has 0 radical (unpaired) electrons. The van der Waals surface area contributed by atoms with Crippen LogP contribution in [-0.4, -0.2) is 42.4 Å². The van der Waals surface area contributed by atoms with Crippen LogP contribution in [0.25, 0.3) is 0 Å². The lowest BCUT2D eigenvalue weighted by Gasteiger charge is -2.01. The molecule has 1 aromatic rings. The van der Waals surface area contributed by atoms with Gasteiger partial charge in [-0.25, -0.2) is 4.68 Å². The van der Waals surface area contributed by atoms with Crippen molar-refractivity contribution in [1.29, 1.82) is 0 Å². The molecular weight excluding hydrogens is 216 g/mol. The van der Waals surface area contributed by atoms with Crippen LogP contribution in [0.15, 0.2) is 0 Å². The van der Waals surface area contributed by atoms with E-state index in [9.17, 15) is 9.59 Å². The van der Waals surface area contributed by atoms with Gasteiger partial charge in [-0.1, -0.05) is 0 Å². The Kier molecular flexibility index (Phi) is 4.37. The van der Waals surface area contributed by atoms with Crippen LogP contribution in [0.3, 0.4) is 0 Å². The normalized spacial score (nSPS) is 10.2. The largest absolute Gasteiger partial charge is 0.481 e. The lowest BCUT2D eigenvalue weighted by molar-refractivity contribution is -0.138. The monoisotopic (exact) mass is 228 g/mol. The van der Waals surface area contributed by atoms with Gasteiger partial charge in [0.1, 0.15) is 0 Å². The maximum absolute atomic E-state index is 10.4. The van der Waals surface area contributed by atoms with Crippen molar-refractivity contribution in [3.8, 4) is 0 Å². The Morgan fingerprint density at radius 3 is 2.50 bits per heavy atom. The van der Waals surface area contributed by atoms with E-state index in [1.807, 2.05) is 0 Å². The zero-order valence-electron chi connectivity index (χ0n) is 8.54. The molecule has 2 N–H and O–H groups in total. The van der Waals surface area contributed by atoms with Crippen LogP contribution in [0.4, 0.5) is 0 Å². The Morgan fingerprint density at radius 2 is 1.88 bits per heavy atom. The van der Waals surface area contributed by atoms with E-state index in [0.717, 1.165) is 0 Å². The fraction of sp³-hybridized carbons (Fsp3) is 0.625. The summed E-state index contributed by atoms with van der Waals surface area (Å²) in [6.45, 7) is 0.383. The molecule has 0 spiro atoms. The summed E-state index contributed by atoms with van der Waals surface area (Å²) in [5.41, 5.74) is 0. The second-order valence-electron chi connectivity index (χ2n) is 3.21. The third-order valence-corrected chi connectivity index (χ3v) is 1.93. The van der Waals surface area contributed by atoms with E-state index in [1.54, 1.807) is 0 Å². The highest BCUT2D eigenvalue weighted by Gasteiger charge is 2.08. The number of nitrogens with zero attached hydrogens (tertiary/aromatic N) is 4. The standard InChI is InChI=1S/C8H12N4O4/c13-7(14)2-1-5-12-6(9-10-11-12)3-4-8(15)16/h1-5H2,(H,13,14)(H,15,16). The highest BCUT2D eigenvalue weighted by atomic mass is 16.4. The van der Waals surface area contributed by atoms with Crippen molar-refractivity contribution in [2.45, 2.75) is 32.2 Å². The summed E-state index contributed by atoms with van der Waals surface area (Å²) in [6, 6.07) is 0. The Labute approximate surface area is 90.9 Å². The van der Waals surface area contributed by atoms with E-state index < -0.39 is 11.9 Å². The van der Waals surface area contributed by atoms with E-state index in [-0.39, 0.29) is 19.3 Å². The van der Waals surface area contributed by atoms with Crippen molar-refractivity contribution >= 4 is 11.9 Å². The number of tetrazole rings is 1. The summed E-state index contributed by atoms with van der Waals surface area (Å²) in [6.07, 6.45) is 0.660. The summed E-state index contributed by atoms with van der Waals surface area (Å²) < 4.78 is 1.44. The average Bonchev–Trinajstić information content (AvgIpc) is 2.62. The molecule has 16 heavy (non-hydrogen) atoms. The fourth-order valence-corrected chi connectivity index (χ4v) is 1.17. The van der Waals surface area contributed by atoms with Gasteiger partial charge in [0, 0.05) is 19.4 Å². The molecule has 88 valence electrons. The van der Waals surface area contributed by atoms with Crippen molar-refractivity contribution < 1.29 is 19.8 Å². The Balaban J connectivity index is 2.43. The molecule has 0 aliphatic carbocycles. The number of carboxylic acid groups (broad SMARTS) is 2. The Bertz CT molecular complexity index is 376. The minimum Gasteiger partial charge on any atom is -0.481 e. The van der Waals surface area contributed by atoms with E-state index >= 15 is 0 Å². The van der Waals surface area contributed by atoms with Crippen molar-refractivity contribution in [3.05, 3.63) is 5.82 Å². The van der Waals surface area contributed by atoms with Gasteiger partial charge in [-0.15, -0.1) is 5.10 Å². The first-order valence-electron chi connectivity index (χ1n) is 4.78. The van der Waals surface area contributed by atoms with Crippen LogP contribution in [0, 0.1) is 0 Å². The van der Waals surface area contributed by atoms with Gasteiger partial charge in [-0.3, -0.25) is 9.59 Å². The number of aromatic nitrogens is 4. The van der Waals surface area contributed by atoms with Gasteiger partial charge < -0.3 is 10.2 Å². The smallest absolute Gasteiger partial charge is 0.303 e. The number of carboxylic acids is 2. The molecule has 0 atom stereocenters.